The van der Waals surface area contributed by atoms with Gasteiger partial charge in [0.05, 0.1) is 12.6 Å². The predicted octanol–water partition coefficient (Wildman–Crippen LogP) is 1.38. The van der Waals surface area contributed by atoms with Gasteiger partial charge in [-0.25, -0.2) is 4.79 Å². The van der Waals surface area contributed by atoms with E-state index in [1.54, 1.807) is 0 Å². The first-order chi connectivity index (χ1) is 11.5. The maximum atomic E-state index is 12.5. The first kappa shape index (κ1) is 16.7. The Morgan fingerprint density at radius 2 is 2.12 bits per heavy atom. The van der Waals surface area contributed by atoms with Crippen LogP contribution in [-0.4, -0.2) is 66.3 Å². The Morgan fingerprint density at radius 3 is 2.83 bits per heavy atom. The Kier molecular flexibility index (Phi) is 4.73. The minimum atomic E-state index is -1.09. The van der Waals surface area contributed by atoms with Crippen molar-refractivity contribution in [3.8, 4) is 0 Å². The molecule has 0 radical (unpaired) electrons. The Balaban J connectivity index is 1.71. The quantitative estimate of drug-likeness (QED) is 0.873. The molecule has 0 saturated carbocycles. The number of fused-ring (bicyclic) bond motifs is 1. The highest BCUT2D eigenvalue weighted by molar-refractivity contribution is 5.97. The van der Waals surface area contributed by atoms with Crippen LogP contribution in [0.1, 0.15) is 17.5 Å². The van der Waals surface area contributed by atoms with Crippen LogP contribution in [0, 0.1) is 0 Å². The molecule has 0 aromatic heterocycles. The van der Waals surface area contributed by atoms with Gasteiger partial charge in [-0.05, 0) is 36.7 Å². The fourth-order valence-corrected chi connectivity index (χ4v) is 3.43. The van der Waals surface area contributed by atoms with E-state index in [-0.39, 0.29) is 18.6 Å². The third kappa shape index (κ3) is 3.37. The molecule has 7 heteroatoms. The van der Waals surface area contributed by atoms with Crippen molar-refractivity contribution in [3.05, 3.63) is 29.3 Å². The van der Waals surface area contributed by atoms with Crippen LogP contribution in [0.3, 0.4) is 0 Å². The maximum Gasteiger partial charge on any atom is 0.408 e. The number of ether oxygens (including phenoxy) is 1. The summed E-state index contributed by atoms with van der Waals surface area (Å²) in [6.45, 7) is 2.13. The van der Waals surface area contributed by atoms with Crippen LogP contribution >= 0.6 is 0 Å². The highest BCUT2D eigenvalue weighted by Gasteiger charge is 2.39. The molecule has 3 rings (SSSR count). The summed E-state index contributed by atoms with van der Waals surface area (Å²) in [5.41, 5.74) is 3.23. The number of carbonyl (C=O) groups excluding carboxylic acids is 1. The molecule has 0 aliphatic carbocycles. The van der Waals surface area contributed by atoms with Crippen LogP contribution in [0.25, 0.3) is 0 Å². The molecule has 0 bridgehead atoms. The summed E-state index contributed by atoms with van der Waals surface area (Å²) < 4.78 is 5.22. The molecule has 0 unspecified atom stereocenters. The Hall–Kier alpha value is -2.12. The van der Waals surface area contributed by atoms with Gasteiger partial charge in [0.1, 0.15) is 6.04 Å². The number of likely N-dealkylation sites (N-methyl/N-ethyl adjacent to an activating group) is 1. The number of carbonyl (C=O) groups is 2. The van der Waals surface area contributed by atoms with Gasteiger partial charge in [-0.1, -0.05) is 6.07 Å². The van der Waals surface area contributed by atoms with Crippen LogP contribution in [0.2, 0.25) is 0 Å². The van der Waals surface area contributed by atoms with Crippen LogP contribution in [0.5, 0.6) is 0 Å². The number of nitrogens with zero attached hydrogens (tertiary/aromatic N) is 2. The standard InChI is InChI=1S/C17H23N3O4/c1-19-6-5-11-7-13(4-3-12(11)9-19)18-16(21)15-8-14(24-2)10-20(15)17(22)23/h3-4,7,14-15H,5-6,8-10H2,1-2H3,(H,18,21)(H,22,23)/t14-,15-/m1/s1. The Morgan fingerprint density at radius 1 is 1.33 bits per heavy atom. The largest absolute Gasteiger partial charge is 0.465 e. The molecule has 2 N–H and O–H groups in total. The van der Waals surface area contributed by atoms with E-state index in [0.717, 1.165) is 30.1 Å². The zero-order valence-corrected chi connectivity index (χ0v) is 14.0. The number of nitrogens with one attached hydrogen (secondary N) is 1. The zero-order valence-electron chi connectivity index (χ0n) is 14.0. The van der Waals surface area contributed by atoms with Crippen molar-refractivity contribution in [2.75, 3.05) is 32.6 Å². The van der Waals surface area contributed by atoms with E-state index in [4.69, 9.17) is 4.74 Å². The number of benzene rings is 1. The summed E-state index contributed by atoms with van der Waals surface area (Å²) in [5, 5.41) is 12.1. The van der Waals surface area contributed by atoms with E-state index in [1.807, 2.05) is 18.2 Å². The van der Waals surface area contributed by atoms with Crippen molar-refractivity contribution < 1.29 is 19.4 Å². The van der Waals surface area contributed by atoms with E-state index in [0.29, 0.717) is 6.42 Å². The lowest BCUT2D eigenvalue weighted by molar-refractivity contribution is -0.120. The summed E-state index contributed by atoms with van der Waals surface area (Å²) in [6, 6.07) is 5.19. The van der Waals surface area contributed by atoms with Crippen LogP contribution < -0.4 is 5.32 Å². The lowest BCUT2D eigenvalue weighted by atomic mass is 9.99. The molecular weight excluding hydrogens is 310 g/mol. The second-order valence-corrected chi connectivity index (χ2v) is 6.50. The average Bonchev–Trinajstić information content (AvgIpc) is 3.00. The molecular formula is C17H23N3O4. The van der Waals surface area contributed by atoms with Gasteiger partial charge in [0.2, 0.25) is 5.91 Å². The number of rotatable bonds is 3. The molecule has 2 atom stereocenters. The van der Waals surface area contributed by atoms with E-state index < -0.39 is 12.1 Å². The highest BCUT2D eigenvalue weighted by Crippen LogP contribution is 2.24. The molecule has 130 valence electrons. The van der Waals surface area contributed by atoms with Gasteiger partial charge >= 0.3 is 6.09 Å². The molecule has 2 aliphatic heterocycles. The maximum absolute atomic E-state index is 12.5. The smallest absolute Gasteiger partial charge is 0.408 e. The Labute approximate surface area is 141 Å². The molecule has 1 aromatic rings. The first-order valence-electron chi connectivity index (χ1n) is 8.11. The second kappa shape index (κ2) is 6.78. The summed E-state index contributed by atoms with van der Waals surface area (Å²) >= 11 is 0. The predicted molar refractivity (Wildman–Crippen MR) is 89.0 cm³/mol. The Bertz CT molecular complexity index is 649. The molecule has 2 heterocycles. The summed E-state index contributed by atoms with van der Waals surface area (Å²) in [4.78, 5) is 27.3. The van der Waals surface area contributed by atoms with E-state index in [1.165, 1.54) is 18.2 Å². The van der Waals surface area contributed by atoms with Gasteiger partial charge in [-0.15, -0.1) is 0 Å². The van der Waals surface area contributed by atoms with Gasteiger partial charge in [0.25, 0.3) is 0 Å². The van der Waals surface area contributed by atoms with E-state index in [9.17, 15) is 14.7 Å². The molecule has 1 aromatic carbocycles. The highest BCUT2D eigenvalue weighted by atomic mass is 16.5. The van der Waals surface area contributed by atoms with Crippen molar-refractivity contribution in [1.82, 2.24) is 9.80 Å². The molecule has 7 nitrogen and oxygen atoms in total. The van der Waals surface area contributed by atoms with Crippen molar-refractivity contribution >= 4 is 17.7 Å². The number of carboxylic acid groups (broad SMARTS) is 1. The van der Waals surface area contributed by atoms with Gasteiger partial charge in [0, 0.05) is 32.3 Å². The fraction of sp³-hybridized carbons (Fsp3) is 0.529. The van der Waals surface area contributed by atoms with E-state index >= 15 is 0 Å². The number of hydrogen-bond acceptors (Lipinski definition) is 4. The van der Waals surface area contributed by atoms with E-state index in [2.05, 4.69) is 17.3 Å². The number of likely N-dealkylation sites (tertiary alicyclic amines) is 1. The zero-order chi connectivity index (χ0) is 17.3. The third-order valence-corrected chi connectivity index (χ3v) is 4.82. The van der Waals surface area contributed by atoms with Crippen molar-refractivity contribution in [2.45, 2.75) is 31.5 Å². The van der Waals surface area contributed by atoms with Crippen LogP contribution in [-0.2, 0) is 22.5 Å². The lowest BCUT2D eigenvalue weighted by Crippen LogP contribution is -2.42. The second-order valence-electron chi connectivity index (χ2n) is 6.50. The van der Waals surface area contributed by atoms with Crippen LogP contribution in [0.15, 0.2) is 18.2 Å². The van der Waals surface area contributed by atoms with Gasteiger partial charge in [-0.3, -0.25) is 9.69 Å². The fourth-order valence-electron chi connectivity index (χ4n) is 3.43. The molecule has 1 saturated heterocycles. The monoisotopic (exact) mass is 333 g/mol. The van der Waals surface area contributed by atoms with Gasteiger partial charge in [0.15, 0.2) is 0 Å². The van der Waals surface area contributed by atoms with Crippen molar-refractivity contribution in [1.29, 1.82) is 0 Å². The average molecular weight is 333 g/mol. The minimum Gasteiger partial charge on any atom is -0.465 e. The number of anilines is 1. The summed E-state index contributed by atoms with van der Waals surface area (Å²) in [7, 11) is 3.62. The normalized spacial score (nSPS) is 23.8. The minimum absolute atomic E-state index is 0.223. The number of amides is 2. The molecule has 0 spiro atoms. The van der Waals surface area contributed by atoms with Crippen molar-refractivity contribution in [2.24, 2.45) is 0 Å². The molecule has 1 fully saturated rings. The summed E-state index contributed by atoms with van der Waals surface area (Å²) in [5.74, 6) is -0.301. The third-order valence-electron chi connectivity index (χ3n) is 4.82. The molecule has 24 heavy (non-hydrogen) atoms. The number of hydrogen-bond donors (Lipinski definition) is 2. The topological polar surface area (TPSA) is 82.1 Å². The number of methoxy groups -OCH3 is 1. The summed E-state index contributed by atoms with van der Waals surface area (Å²) in [6.07, 6.45) is -0.00447. The van der Waals surface area contributed by atoms with Crippen LogP contribution in [0.4, 0.5) is 10.5 Å². The van der Waals surface area contributed by atoms with Gasteiger partial charge < -0.3 is 20.1 Å². The molecule has 2 amide bonds. The SMILES string of the molecule is CO[C@@H]1C[C@H](C(=O)Nc2ccc3c(c2)CCN(C)C3)N(C(=O)O)C1. The van der Waals surface area contributed by atoms with Gasteiger partial charge in [-0.2, -0.15) is 0 Å². The van der Waals surface area contributed by atoms with Crippen molar-refractivity contribution in [3.63, 3.8) is 0 Å². The lowest BCUT2D eigenvalue weighted by Gasteiger charge is -2.25. The molecule has 2 aliphatic rings. The first-order valence-corrected chi connectivity index (χ1v) is 8.11.